The Kier molecular flexibility index (Phi) is 6.97. The average molecular weight is 341 g/mol. The van der Waals surface area contributed by atoms with Crippen molar-refractivity contribution < 1.29 is 9.32 Å². The smallest absolute Gasteiger partial charge is 0.274 e. The van der Waals surface area contributed by atoms with Crippen LogP contribution >= 0.6 is 12.4 Å². The standard InChI is InChI=1S/C16H24N4O2.ClH/c1-6-7-12-14(11(4)21)10(3)18-15(12)16-19-13(20-22-16)8-9(2)17-5;/h9,17-18H,6-8H2,1-5H3;1H. The van der Waals surface area contributed by atoms with Crippen LogP contribution in [0.25, 0.3) is 11.6 Å². The molecular formula is C16H25ClN4O2. The molecule has 0 bridgehead atoms. The van der Waals surface area contributed by atoms with Crippen LogP contribution in [0.1, 0.15) is 54.6 Å². The first-order valence-corrected chi connectivity index (χ1v) is 7.70. The van der Waals surface area contributed by atoms with Gasteiger partial charge >= 0.3 is 0 Å². The number of carbonyl (C=O) groups excluding carboxylic acids is 1. The Hall–Kier alpha value is -1.66. The second kappa shape index (κ2) is 8.26. The summed E-state index contributed by atoms with van der Waals surface area (Å²) in [5.41, 5.74) is 3.36. The number of aromatic amines is 1. The number of hydrogen-bond acceptors (Lipinski definition) is 5. The Morgan fingerprint density at radius 1 is 1.43 bits per heavy atom. The van der Waals surface area contributed by atoms with E-state index in [-0.39, 0.29) is 24.2 Å². The van der Waals surface area contributed by atoms with Gasteiger partial charge in [-0.3, -0.25) is 4.79 Å². The van der Waals surface area contributed by atoms with Crippen LogP contribution in [0, 0.1) is 6.92 Å². The number of rotatable bonds is 7. The Morgan fingerprint density at radius 2 is 2.13 bits per heavy atom. The molecule has 1 atom stereocenters. The van der Waals surface area contributed by atoms with E-state index >= 15 is 0 Å². The molecule has 2 heterocycles. The van der Waals surface area contributed by atoms with Crippen LogP contribution in [0.5, 0.6) is 0 Å². The highest BCUT2D eigenvalue weighted by atomic mass is 35.5. The Bertz CT molecular complexity index is 663. The lowest BCUT2D eigenvalue weighted by atomic mass is 10.0. The number of nitrogens with zero attached hydrogens (tertiary/aromatic N) is 2. The summed E-state index contributed by atoms with van der Waals surface area (Å²) < 4.78 is 5.40. The molecule has 0 spiro atoms. The number of aromatic nitrogens is 3. The number of Topliss-reactive ketones (excluding diaryl/α,β-unsaturated/α-hetero) is 1. The molecule has 128 valence electrons. The summed E-state index contributed by atoms with van der Waals surface area (Å²) in [4.78, 5) is 19.6. The van der Waals surface area contributed by atoms with Crippen LogP contribution in [0.2, 0.25) is 0 Å². The molecule has 0 fully saturated rings. The zero-order chi connectivity index (χ0) is 16.3. The minimum absolute atomic E-state index is 0. The van der Waals surface area contributed by atoms with E-state index in [0.29, 0.717) is 18.1 Å². The van der Waals surface area contributed by atoms with E-state index in [1.54, 1.807) is 6.92 Å². The second-order valence-corrected chi connectivity index (χ2v) is 5.69. The SMILES string of the molecule is CCCc1c(-c2nc(CC(C)NC)no2)[nH]c(C)c1C(C)=O.Cl. The maximum Gasteiger partial charge on any atom is 0.274 e. The molecule has 2 aromatic heterocycles. The van der Waals surface area contributed by atoms with E-state index in [2.05, 4.69) is 34.3 Å². The molecular weight excluding hydrogens is 316 g/mol. The highest BCUT2D eigenvalue weighted by Gasteiger charge is 2.22. The van der Waals surface area contributed by atoms with Crippen LogP contribution < -0.4 is 5.32 Å². The van der Waals surface area contributed by atoms with Crippen LogP contribution in [-0.4, -0.2) is 34.0 Å². The number of carbonyl (C=O) groups is 1. The van der Waals surface area contributed by atoms with Gasteiger partial charge in [0, 0.05) is 23.7 Å². The molecule has 0 aliphatic carbocycles. The molecule has 2 aromatic rings. The zero-order valence-electron chi connectivity index (χ0n) is 14.3. The molecule has 0 amide bonds. The van der Waals surface area contributed by atoms with Gasteiger partial charge in [0.2, 0.25) is 0 Å². The normalized spacial score (nSPS) is 12.0. The monoisotopic (exact) mass is 340 g/mol. The molecule has 23 heavy (non-hydrogen) atoms. The first-order chi connectivity index (χ1) is 10.5. The topological polar surface area (TPSA) is 83.8 Å². The van der Waals surface area contributed by atoms with E-state index in [1.807, 2.05) is 14.0 Å². The largest absolute Gasteiger partial charge is 0.354 e. The summed E-state index contributed by atoms with van der Waals surface area (Å²) in [6, 6.07) is 0.277. The number of ketones is 1. The van der Waals surface area contributed by atoms with Gasteiger partial charge in [-0.25, -0.2) is 0 Å². The lowest BCUT2D eigenvalue weighted by Crippen LogP contribution is -2.24. The van der Waals surface area contributed by atoms with Gasteiger partial charge in [-0.1, -0.05) is 18.5 Å². The number of hydrogen-bond donors (Lipinski definition) is 2. The highest BCUT2D eigenvalue weighted by molar-refractivity contribution is 5.98. The summed E-state index contributed by atoms with van der Waals surface area (Å²) in [7, 11) is 1.90. The van der Waals surface area contributed by atoms with Gasteiger partial charge in [0.25, 0.3) is 5.89 Å². The summed E-state index contributed by atoms with van der Waals surface area (Å²) in [6.07, 6.45) is 2.45. The van der Waals surface area contributed by atoms with Gasteiger partial charge in [-0.15, -0.1) is 12.4 Å². The Balaban J connectivity index is 0.00000264. The molecule has 2 N–H and O–H groups in total. The molecule has 2 rings (SSSR count). The van der Waals surface area contributed by atoms with E-state index in [4.69, 9.17) is 4.52 Å². The summed E-state index contributed by atoms with van der Waals surface area (Å²) in [5, 5.41) is 7.18. The van der Waals surface area contributed by atoms with Crippen molar-refractivity contribution in [2.24, 2.45) is 0 Å². The first kappa shape index (κ1) is 19.4. The minimum Gasteiger partial charge on any atom is -0.354 e. The van der Waals surface area contributed by atoms with Gasteiger partial charge < -0.3 is 14.8 Å². The molecule has 0 aliphatic rings. The third-order valence-corrected chi connectivity index (χ3v) is 3.81. The number of nitrogens with one attached hydrogen (secondary N) is 2. The number of likely N-dealkylation sites (N-methyl/N-ethyl adjacent to an activating group) is 1. The Morgan fingerprint density at radius 3 is 2.70 bits per heavy atom. The molecule has 1 unspecified atom stereocenters. The molecule has 0 radical (unpaired) electrons. The van der Waals surface area contributed by atoms with Gasteiger partial charge in [0.1, 0.15) is 5.69 Å². The van der Waals surface area contributed by atoms with E-state index in [1.165, 1.54) is 0 Å². The van der Waals surface area contributed by atoms with Crippen molar-refractivity contribution in [3.8, 4) is 11.6 Å². The van der Waals surface area contributed by atoms with Crippen molar-refractivity contribution >= 4 is 18.2 Å². The molecule has 6 nitrogen and oxygen atoms in total. The van der Waals surface area contributed by atoms with E-state index in [9.17, 15) is 4.79 Å². The first-order valence-electron chi connectivity index (χ1n) is 7.70. The number of aryl methyl sites for hydroxylation is 1. The third kappa shape index (κ3) is 4.20. The number of halogens is 1. The maximum absolute atomic E-state index is 11.9. The van der Waals surface area contributed by atoms with Crippen molar-refractivity contribution in [2.45, 2.75) is 53.0 Å². The fourth-order valence-corrected chi connectivity index (χ4v) is 2.65. The summed E-state index contributed by atoms with van der Waals surface area (Å²) >= 11 is 0. The van der Waals surface area contributed by atoms with Gasteiger partial charge in [-0.05, 0) is 39.8 Å². The number of H-pyrrole nitrogens is 1. The van der Waals surface area contributed by atoms with Crippen molar-refractivity contribution in [3.63, 3.8) is 0 Å². The van der Waals surface area contributed by atoms with E-state index in [0.717, 1.165) is 35.4 Å². The maximum atomic E-state index is 11.9. The lowest BCUT2D eigenvalue weighted by molar-refractivity contribution is 0.101. The quantitative estimate of drug-likeness (QED) is 0.756. The second-order valence-electron chi connectivity index (χ2n) is 5.69. The summed E-state index contributed by atoms with van der Waals surface area (Å²) in [5.74, 6) is 1.18. The van der Waals surface area contributed by atoms with Crippen LogP contribution in [-0.2, 0) is 12.8 Å². The van der Waals surface area contributed by atoms with Crippen molar-refractivity contribution in [1.82, 2.24) is 20.4 Å². The van der Waals surface area contributed by atoms with Crippen molar-refractivity contribution in [2.75, 3.05) is 7.05 Å². The predicted molar refractivity (Wildman–Crippen MR) is 92.3 cm³/mol. The van der Waals surface area contributed by atoms with Crippen molar-refractivity contribution in [1.29, 1.82) is 0 Å². The molecule has 7 heteroatoms. The summed E-state index contributed by atoms with van der Waals surface area (Å²) in [6.45, 7) is 7.64. The molecule has 0 aliphatic heterocycles. The van der Waals surface area contributed by atoms with Crippen LogP contribution in [0.4, 0.5) is 0 Å². The van der Waals surface area contributed by atoms with Gasteiger partial charge in [-0.2, -0.15) is 4.98 Å². The van der Waals surface area contributed by atoms with Crippen LogP contribution in [0.15, 0.2) is 4.52 Å². The van der Waals surface area contributed by atoms with Crippen molar-refractivity contribution in [3.05, 3.63) is 22.6 Å². The molecule has 0 aromatic carbocycles. The highest BCUT2D eigenvalue weighted by Crippen LogP contribution is 2.28. The predicted octanol–water partition coefficient (Wildman–Crippen LogP) is 3.10. The fourth-order valence-electron chi connectivity index (χ4n) is 2.65. The van der Waals surface area contributed by atoms with Gasteiger partial charge in [0.15, 0.2) is 11.6 Å². The Labute approximate surface area is 142 Å². The van der Waals surface area contributed by atoms with Crippen LogP contribution in [0.3, 0.4) is 0 Å². The zero-order valence-corrected chi connectivity index (χ0v) is 15.1. The fraction of sp³-hybridized carbons (Fsp3) is 0.562. The van der Waals surface area contributed by atoms with Gasteiger partial charge in [0.05, 0.1) is 0 Å². The molecule has 0 saturated heterocycles. The molecule has 0 saturated carbocycles. The average Bonchev–Trinajstić information content (AvgIpc) is 3.03. The van der Waals surface area contributed by atoms with E-state index < -0.39 is 0 Å². The minimum atomic E-state index is 0. The lowest BCUT2D eigenvalue weighted by Gasteiger charge is -2.04. The third-order valence-electron chi connectivity index (χ3n) is 3.81.